The minimum Gasteiger partial charge on any atom is -0.350 e. The van der Waals surface area contributed by atoms with E-state index in [0.717, 1.165) is 22.5 Å². The van der Waals surface area contributed by atoms with Gasteiger partial charge in [0.1, 0.15) is 0 Å². The molecule has 4 nitrogen and oxygen atoms in total. The third-order valence-corrected chi connectivity index (χ3v) is 3.72. The van der Waals surface area contributed by atoms with Gasteiger partial charge >= 0.3 is 0 Å². The lowest BCUT2D eigenvalue weighted by Crippen LogP contribution is -2.28. The summed E-state index contributed by atoms with van der Waals surface area (Å²) in [5.74, 6) is -0.0402. The molecule has 0 unspecified atom stereocenters. The van der Waals surface area contributed by atoms with Gasteiger partial charge in [0.05, 0.1) is 12.2 Å². The van der Waals surface area contributed by atoms with Crippen molar-refractivity contribution in [2.45, 2.75) is 25.7 Å². The molecule has 0 atom stereocenters. The highest BCUT2D eigenvalue weighted by Gasteiger charge is 2.09. The van der Waals surface area contributed by atoms with E-state index in [1.54, 1.807) is 0 Å². The van der Waals surface area contributed by atoms with E-state index in [2.05, 4.69) is 26.3 Å². The first-order valence-corrected chi connectivity index (χ1v) is 7.67. The zero-order valence-corrected chi connectivity index (χ0v) is 13.3. The van der Waals surface area contributed by atoms with Gasteiger partial charge in [0.25, 0.3) is 5.91 Å². The van der Waals surface area contributed by atoms with Crippen molar-refractivity contribution >= 4 is 21.8 Å². The number of hydrogen-bond acceptors (Lipinski definition) is 2. The molecule has 0 aliphatic carbocycles. The van der Waals surface area contributed by atoms with Crippen LogP contribution in [0.3, 0.4) is 0 Å². The first-order chi connectivity index (χ1) is 9.61. The molecule has 0 bridgehead atoms. The van der Waals surface area contributed by atoms with Gasteiger partial charge in [0.2, 0.25) is 0 Å². The zero-order chi connectivity index (χ0) is 14.5. The van der Waals surface area contributed by atoms with E-state index in [0.29, 0.717) is 18.4 Å². The Balaban J connectivity index is 1.94. The van der Waals surface area contributed by atoms with Crippen LogP contribution in [0.2, 0.25) is 0 Å². The number of amides is 1. The number of hydrogen-bond donors (Lipinski definition) is 1. The molecule has 20 heavy (non-hydrogen) atoms. The normalized spacial score (nSPS) is 10.6. The molecular weight excluding hydrogens is 318 g/mol. The van der Waals surface area contributed by atoms with E-state index >= 15 is 0 Å². The second-order valence-corrected chi connectivity index (χ2v) is 5.26. The number of benzene rings is 1. The molecule has 1 amide bonds. The van der Waals surface area contributed by atoms with Crippen LogP contribution in [0.15, 0.2) is 30.3 Å². The molecule has 0 fully saturated rings. The maximum absolute atomic E-state index is 12.1. The number of aromatic nitrogens is 2. The molecule has 0 saturated heterocycles. The zero-order valence-electron chi connectivity index (χ0n) is 11.7. The third-order valence-electron chi connectivity index (χ3n) is 3.12. The lowest BCUT2D eigenvalue weighted by atomic mass is 10.1. The van der Waals surface area contributed by atoms with E-state index in [4.69, 9.17) is 0 Å². The second kappa shape index (κ2) is 6.70. The van der Waals surface area contributed by atoms with E-state index in [1.807, 2.05) is 48.9 Å². The van der Waals surface area contributed by atoms with Crippen LogP contribution >= 0.6 is 15.9 Å². The Morgan fingerprint density at radius 1 is 1.35 bits per heavy atom. The smallest absolute Gasteiger partial charge is 0.251 e. The minimum atomic E-state index is -0.0402. The predicted octanol–water partition coefficient (Wildman–Crippen LogP) is 2.82. The molecule has 1 heterocycles. The Morgan fingerprint density at radius 2 is 2.10 bits per heavy atom. The van der Waals surface area contributed by atoms with Gasteiger partial charge in [0.15, 0.2) is 0 Å². The van der Waals surface area contributed by atoms with E-state index in [-0.39, 0.29) is 5.91 Å². The third kappa shape index (κ3) is 3.48. The molecule has 1 N–H and O–H groups in total. The van der Waals surface area contributed by atoms with Crippen LogP contribution in [0.25, 0.3) is 0 Å². The van der Waals surface area contributed by atoms with Crippen LogP contribution in [-0.2, 0) is 11.9 Å². The molecule has 0 radical (unpaired) electrons. The van der Waals surface area contributed by atoms with Gasteiger partial charge in [-0.15, -0.1) is 0 Å². The molecule has 2 rings (SSSR count). The van der Waals surface area contributed by atoms with Crippen LogP contribution in [0.1, 0.15) is 27.3 Å². The van der Waals surface area contributed by atoms with Gasteiger partial charge in [-0.3, -0.25) is 9.48 Å². The largest absolute Gasteiger partial charge is 0.350 e. The van der Waals surface area contributed by atoms with Crippen LogP contribution in [0.5, 0.6) is 0 Å². The number of halogens is 1. The van der Waals surface area contributed by atoms with Gasteiger partial charge in [0, 0.05) is 23.1 Å². The molecule has 0 spiro atoms. The summed E-state index contributed by atoms with van der Waals surface area (Å²) in [5, 5.41) is 7.98. The number of nitrogens with one attached hydrogen (secondary N) is 1. The average Bonchev–Trinajstić information content (AvgIpc) is 2.77. The lowest BCUT2D eigenvalue weighted by molar-refractivity contribution is 0.0951. The Bertz CT molecular complexity index is 607. The fourth-order valence-corrected chi connectivity index (χ4v) is 2.62. The minimum absolute atomic E-state index is 0.0402. The number of alkyl halides is 1. The molecule has 2 aromatic rings. The van der Waals surface area contributed by atoms with Gasteiger partial charge in [-0.25, -0.2) is 0 Å². The van der Waals surface area contributed by atoms with E-state index in [1.165, 1.54) is 0 Å². The van der Waals surface area contributed by atoms with Gasteiger partial charge < -0.3 is 5.32 Å². The molecule has 0 saturated carbocycles. The monoisotopic (exact) mass is 335 g/mol. The second-order valence-electron chi connectivity index (χ2n) is 4.70. The van der Waals surface area contributed by atoms with Gasteiger partial charge in [-0.2, -0.15) is 5.10 Å². The van der Waals surface area contributed by atoms with Crippen molar-refractivity contribution in [2.75, 3.05) is 6.54 Å². The molecule has 0 aliphatic heterocycles. The number of nitrogens with zero attached hydrogens (tertiary/aromatic N) is 2. The fourth-order valence-electron chi connectivity index (χ4n) is 2.13. The van der Waals surface area contributed by atoms with Gasteiger partial charge in [-0.1, -0.05) is 34.1 Å². The van der Waals surface area contributed by atoms with E-state index < -0.39 is 0 Å². The molecule has 106 valence electrons. The number of aryl methyl sites for hydroxylation is 2. The Hall–Kier alpha value is -1.62. The highest BCUT2D eigenvalue weighted by molar-refractivity contribution is 9.08. The fraction of sp³-hybridized carbons (Fsp3) is 0.333. The summed E-state index contributed by atoms with van der Waals surface area (Å²) in [4.78, 5) is 12.1. The SMILES string of the molecule is Cc1cc(C)n(CCNC(=O)c2ccccc2CBr)n1. The summed E-state index contributed by atoms with van der Waals surface area (Å²) in [6, 6.07) is 9.63. The molecular formula is C15H18BrN3O. The van der Waals surface area contributed by atoms with Crippen LogP contribution in [0.4, 0.5) is 0 Å². The topological polar surface area (TPSA) is 46.9 Å². The summed E-state index contributed by atoms with van der Waals surface area (Å²) in [5.41, 5.74) is 3.82. The summed E-state index contributed by atoms with van der Waals surface area (Å²) in [6.45, 7) is 5.23. The first kappa shape index (κ1) is 14.8. The van der Waals surface area contributed by atoms with Crippen LogP contribution < -0.4 is 5.32 Å². The quantitative estimate of drug-likeness (QED) is 0.854. The summed E-state index contributed by atoms with van der Waals surface area (Å²) in [7, 11) is 0. The lowest BCUT2D eigenvalue weighted by Gasteiger charge is -2.09. The van der Waals surface area contributed by atoms with Crippen LogP contribution in [-0.4, -0.2) is 22.2 Å². The standard InChI is InChI=1S/C15H18BrN3O/c1-11-9-12(2)19(18-11)8-7-17-15(20)14-6-4-3-5-13(14)10-16/h3-6,9H,7-8,10H2,1-2H3,(H,17,20). The van der Waals surface area contributed by atoms with Crippen molar-refractivity contribution in [1.29, 1.82) is 0 Å². The Labute approximate surface area is 127 Å². The maximum atomic E-state index is 12.1. The van der Waals surface area contributed by atoms with Crippen molar-refractivity contribution in [2.24, 2.45) is 0 Å². The number of carbonyl (C=O) groups excluding carboxylic acids is 1. The van der Waals surface area contributed by atoms with Crippen molar-refractivity contribution in [3.8, 4) is 0 Å². The summed E-state index contributed by atoms with van der Waals surface area (Å²) in [6.07, 6.45) is 0. The number of rotatable bonds is 5. The number of carbonyl (C=O) groups is 1. The van der Waals surface area contributed by atoms with Gasteiger partial charge in [-0.05, 0) is 31.5 Å². The molecule has 1 aromatic heterocycles. The molecule has 1 aromatic carbocycles. The maximum Gasteiger partial charge on any atom is 0.251 e. The molecule has 5 heteroatoms. The van der Waals surface area contributed by atoms with Crippen molar-refractivity contribution < 1.29 is 4.79 Å². The van der Waals surface area contributed by atoms with Crippen molar-refractivity contribution in [3.05, 3.63) is 52.8 Å². The Morgan fingerprint density at radius 3 is 2.75 bits per heavy atom. The van der Waals surface area contributed by atoms with Crippen molar-refractivity contribution in [3.63, 3.8) is 0 Å². The summed E-state index contributed by atoms with van der Waals surface area (Å²) < 4.78 is 1.91. The first-order valence-electron chi connectivity index (χ1n) is 6.55. The highest BCUT2D eigenvalue weighted by Crippen LogP contribution is 2.12. The summed E-state index contributed by atoms with van der Waals surface area (Å²) >= 11 is 3.40. The van der Waals surface area contributed by atoms with Crippen LogP contribution in [0, 0.1) is 13.8 Å². The average molecular weight is 336 g/mol. The Kier molecular flexibility index (Phi) is 4.95. The van der Waals surface area contributed by atoms with Crippen molar-refractivity contribution in [1.82, 2.24) is 15.1 Å². The highest BCUT2D eigenvalue weighted by atomic mass is 79.9. The molecule has 0 aliphatic rings. The van der Waals surface area contributed by atoms with E-state index in [9.17, 15) is 4.79 Å². The predicted molar refractivity (Wildman–Crippen MR) is 83.1 cm³/mol.